The van der Waals surface area contributed by atoms with Gasteiger partial charge in [-0.2, -0.15) is 0 Å². The molecule has 1 N–H and O–H groups in total. The number of nitro groups is 1. The Bertz CT molecular complexity index is 772. The third-order valence-corrected chi connectivity index (χ3v) is 3.74. The molecule has 0 fully saturated rings. The normalized spacial score (nSPS) is 10.3. The Kier molecular flexibility index (Phi) is 5.52. The van der Waals surface area contributed by atoms with Gasteiger partial charge in [-0.15, -0.1) is 0 Å². The number of benzene rings is 2. The van der Waals surface area contributed by atoms with E-state index in [2.05, 4.69) is 5.32 Å². The standard InChI is InChI=1S/C18H20N2O4/c1-12-7-8-13(2)17(11-12)24-10-9-19-18(21)15-5-4-6-16(14(15)3)20(22)23/h4-8,11H,9-10H2,1-3H3,(H,19,21). The number of amides is 1. The molecule has 0 unspecified atom stereocenters. The maximum absolute atomic E-state index is 12.2. The smallest absolute Gasteiger partial charge is 0.273 e. The van der Waals surface area contributed by atoms with E-state index >= 15 is 0 Å². The average Bonchev–Trinajstić information content (AvgIpc) is 2.54. The second-order valence-electron chi connectivity index (χ2n) is 5.58. The Labute approximate surface area is 140 Å². The number of aryl methyl sites for hydroxylation is 2. The first-order valence-electron chi connectivity index (χ1n) is 7.62. The number of nitro benzene ring substituents is 1. The van der Waals surface area contributed by atoms with Gasteiger partial charge in [0.2, 0.25) is 0 Å². The van der Waals surface area contributed by atoms with Gasteiger partial charge in [0.1, 0.15) is 12.4 Å². The van der Waals surface area contributed by atoms with Gasteiger partial charge in [0, 0.05) is 17.2 Å². The summed E-state index contributed by atoms with van der Waals surface area (Å²) in [5, 5.41) is 13.7. The van der Waals surface area contributed by atoms with Crippen molar-refractivity contribution in [3.05, 3.63) is 68.8 Å². The van der Waals surface area contributed by atoms with Crippen molar-refractivity contribution < 1.29 is 14.5 Å². The van der Waals surface area contributed by atoms with E-state index in [1.807, 2.05) is 32.0 Å². The Hall–Kier alpha value is -2.89. The highest BCUT2D eigenvalue weighted by molar-refractivity contribution is 5.96. The second kappa shape index (κ2) is 7.59. The van der Waals surface area contributed by atoms with Crippen LogP contribution in [0.1, 0.15) is 27.0 Å². The van der Waals surface area contributed by atoms with Crippen molar-refractivity contribution in [3.8, 4) is 5.75 Å². The molecule has 1 amide bonds. The Morgan fingerprint density at radius 2 is 1.96 bits per heavy atom. The second-order valence-corrected chi connectivity index (χ2v) is 5.58. The van der Waals surface area contributed by atoms with Crippen molar-refractivity contribution in [2.45, 2.75) is 20.8 Å². The topological polar surface area (TPSA) is 81.5 Å². The SMILES string of the molecule is Cc1ccc(C)c(OCCNC(=O)c2cccc([N+](=O)[O-])c2C)c1. The summed E-state index contributed by atoms with van der Waals surface area (Å²) < 4.78 is 5.67. The molecule has 0 radical (unpaired) electrons. The zero-order valence-corrected chi connectivity index (χ0v) is 14.0. The number of nitrogens with zero attached hydrogens (tertiary/aromatic N) is 1. The molecule has 0 heterocycles. The van der Waals surface area contributed by atoms with Crippen LogP contribution in [-0.2, 0) is 0 Å². The summed E-state index contributed by atoms with van der Waals surface area (Å²) in [5.74, 6) is 0.441. The van der Waals surface area contributed by atoms with Gasteiger partial charge in [0.25, 0.3) is 11.6 Å². The van der Waals surface area contributed by atoms with Gasteiger partial charge in [-0.05, 0) is 44.0 Å². The molecule has 2 aromatic carbocycles. The molecule has 0 aliphatic heterocycles. The van der Waals surface area contributed by atoms with Gasteiger partial charge in [0.15, 0.2) is 0 Å². The molecular weight excluding hydrogens is 308 g/mol. The lowest BCUT2D eigenvalue weighted by molar-refractivity contribution is -0.385. The van der Waals surface area contributed by atoms with Gasteiger partial charge >= 0.3 is 0 Å². The first-order valence-corrected chi connectivity index (χ1v) is 7.62. The first-order chi connectivity index (χ1) is 11.4. The monoisotopic (exact) mass is 328 g/mol. The van der Waals surface area contributed by atoms with Gasteiger partial charge < -0.3 is 10.1 Å². The molecule has 2 rings (SSSR count). The molecule has 6 nitrogen and oxygen atoms in total. The fourth-order valence-corrected chi connectivity index (χ4v) is 2.35. The number of hydrogen-bond donors (Lipinski definition) is 1. The number of ether oxygens (including phenoxy) is 1. The molecule has 0 aliphatic rings. The summed E-state index contributed by atoms with van der Waals surface area (Å²) in [5.41, 5.74) is 2.73. The number of hydrogen-bond acceptors (Lipinski definition) is 4. The van der Waals surface area contributed by atoms with Crippen molar-refractivity contribution >= 4 is 11.6 Å². The van der Waals surface area contributed by atoms with Crippen LogP contribution in [0.3, 0.4) is 0 Å². The predicted octanol–water partition coefficient (Wildman–Crippen LogP) is 3.33. The van der Waals surface area contributed by atoms with Crippen LogP contribution in [-0.4, -0.2) is 24.0 Å². The molecular formula is C18H20N2O4. The highest BCUT2D eigenvalue weighted by atomic mass is 16.6. The largest absolute Gasteiger partial charge is 0.491 e. The van der Waals surface area contributed by atoms with E-state index in [1.54, 1.807) is 13.0 Å². The van der Waals surface area contributed by atoms with Crippen molar-refractivity contribution in [2.24, 2.45) is 0 Å². The van der Waals surface area contributed by atoms with Crippen molar-refractivity contribution in [2.75, 3.05) is 13.2 Å². The van der Waals surface area contributed by atoms with E-state index in [-0.39, 0.29) is 11.6 Å². The van der Waals surface area contributed by atoms with Crippen LogP contribution in [0, 0.1) is 30.9 Å². The van der Waals surface area contributed by atoms with Crippen LogP contribution in [0.4, 0.5) is 5.69 Å². The molecule has 0 aliphatic carbocycles. The number of nitrogens with one attached hydrogen (secondary N) is 1. The van der Waals surface area contributed by atoms with Gasteiger partial charge in [-0.1, -0.05) is 18.2 Å². The maximum atomic E-state index is 12.2. The van der Waals surface area contributed by atoms with E-state index < -0.39 is 4.92 Å². The summed E-state index contributed by atoms with van der Waals surface area (Å²) in [4.78, 5) is 22.6. The molecule has 6 heteroatoms. The Balaban J connectivity index is 1.93. The number of rotatable bonds is 6. The fraction of sp³-hybridized carbons (Fsp3) is 0.278. The van der Waals surface area contributed by atoms with E-state index in [9.17, 15) is 14.9 Å². The molecule has 0 spiro atoms. The average molecular weight is 328 g/mol. The highest BCUT2D eigenvalue weighted by Gasteiger charge is 2.17. The zero-order chi connectivity index (χ0) is 17.7. The van der Waals surface area contributed by atoms with Crippen LogP contribution >= 0.6 is 0 Å². The van der Waals surface area contributed by atoms with Crippen LogP contribution < -0.4 is 10.1 Å². The zero-order valence-electron chi connectivity index (χ0n) is 14.0. The molecule has 24 heavy (non-hydrogen) atoms. The molecule has 0 saturated heterocycles. The lowest BCUT2D eigenvalue weighted by atomic mass is 10.1. The molecule has 0 aromatic heterocycles. The summed E-state index contributed by atoms with van der Waals surface area (Å²) in [6.07, 6.45) is 0. The fourth-order valence-electron chi connectivity index (χ4n) is 2.35. The van der Waals surface area contributed by atoms with Crippen molar-refractivity contribution in [3.63, 3.8) is 0 Å². The van der Waals surface area contributed by atoms with E-state index in [4.69, 9.17) is 4.74 Å². The van der Waals surface area contributed by atoms with E-state index in [1.165, 1.54) is 12.1 Å². The minimum absolute atomic E-state index is 0.0608. The van der Waals surface area contributed by atoms with Crippen LogP contribution in [0.25, 0.3) is 0 Å². The third-order valence-electron chi connectivity index (χ3n) is 3.74. The van der Waals surface area contributed by atoms with Gasteiger partial charge in [-0.3, -0.25) is 14.9 Å². The minimum Gasteiger partial charge on any atom is -0.491 e. The summed E-state index contributed by atoms with van der Waals surface area (Å²) in [6.45, 7) is 6.15. The van der Waals surface area contributed by atoms with E-state index in [0.717, 1.165) is 16.9 Å². The highest BCUT2D eigenvalue weighted by Crippen LogP contribution is 2.21. The molecule has 126 valence electrons. The minimum atomic E-state index is -0.490. The van der Waals surface area contributed by atoms with Gasteiger partial charge in [0.05, 0.1) is 11.5 Å². The number of carbonyl (C=O) groups excluding carboxylic acids is 1. The van der Waals surface area contributed by atoms with Crippen molar-refractivity contribution in [1.29, 1.82) is 0 Å². The summed E-state index contributed by atoms with van der Waals surface area (Å²) in [7, 11) is 0. The lowest BCUT2D eigenvalue weighted by Gasteiger charge is -2.11. The lowest BCUT2D eigenvalue weighted by Crippen LogP contribution is -2.28. The molecule has 2 aromatic rings. The maximum Gasteiger partial charge on any atom is 0.273 e. The Morgan fingerprint density at radius 3 is 2.67 bits per heavy atom. The quantitative estimate of drug-likeness (QED) is 0.501. The van der Waals surface area contributed by atoms with Crippen LogP contribution in [0.15, 0.2) is 36.4 Å². The number of carbonyl (C=O) groups is 1. The van der Waals surface area contributed by atoms with Gasteiger partial charge in [-0.25, -0.2) is 0 Å². The Morgan fingerprint density at radius 1 is 1.21 bits per heavy atom. The van der Waals surface area contributed by atoms with E-state index in [0.29, 0.717) is 24.3 Å². The van der Waals surface area contributed by atoms with Crippen molar-refractivity contribution in [1.82, 2.24) is 5.32 Å². The molecule has 0 saturated carbocycles. The molecule has 0 atom stereocenters. The summed E-state index contributed by atoms with van der Waals surface area (Å²) in [6, 6.07) is 10.4. The first kappa shape index (κ1) is 17.5. The predicted molar refractivity (Wildman–Crippen MR) is 91.6 cm³/mol. The van der Waals surface area contributed by atoms with Crippen LogP contribution in [0.5, 0.6) is 5.75 Å². The summed E-state index contributed by atoms with van der Waals surface area (Å²) >= 11 is 0. The molecule has 0 bridgehead atoms. The van der Waals surface area contributed by atoms with Crippen LogP contribution in [0.2, 0.25) is 0 Å². The third kappa shape index (κ3) is 4.10.